The molecule has 0 fully saturated rings. The molecule has 0 amide bonds. The van der Waals surface area contributed by atoms with Crippen LogP contribution in [-0.4, -0.2) is 12.2 Å². The van der Waals surface area contributed by atoms with Crippen molar-refractivity contribution in [2.24, 2.45) is 0 Å². The minimum absolute atomic E-state index is 0.546. The number of aryl methyl sites for hydroxylation is 1. The average Bonchev–Trinajstić information content (AvgIpc) is 3.04. The normalized spacial score (nSPS) is 12.8. The molecule has 1 aromatic carbocycles. The van der Waals surface area contributed by atoms with Gasteiger partial charge in [-0.1, -0.05) is 18.2 Å². The number of thiophene rings is 1. The highest BCUT2D eigenvalue weighted by Crippen LogP contribution is 2.37. The summed E-state index contributed by atoms with van der Waals surface area (Å²) in [6.45, 7) is 1.99. The van der Waals surface area contributed by atoms with Gasteiger partial charge in [0.15, 0.2) is 0 Å². The second-order valence-corrected chi connectivity index (χ2v) is 5.35. The number of aliphatic hydroxyl groups excluding tert-OH is 1. The molecule has 0 bridgehead atoms. The molecule has 19 heavy (non-hydrogen) atoms. The Morgan fingerprint density at radius 2 is 2.16 bits per heavy atom. The van der Waals surface area contributed by atoms with Gasteiger partial charge in [-0.15, -0.1) is 11.3 Å². The van der Waals surface area contributed by atoms with Crippen molar-refractivity contribution < 1.29 is 14.3 Å². The van der Waals surface area contributed by atoms with Gasteiger partial charge in [0.25, 0.3) is 0 Å². The maximum absolute atomic E-state index is 10.4. The molecule has 2 heterocycles. The molecule has 3 rings (SSSR count). The second kappa shape index (κ2) is 4.72. The van der Waals surface area contributed by atoms with E-state index in [1.54, 1.807) is 7.11 Å². The van der Waals surface area contributed by atoms with Crippen molar-refractivity contribution in [2.45, 2.75) is 13.0 Å². The van der Waals surface area contributed by atoms with Gasteiger partial charge in [0.05, 0.1) is 12.0 Å². The zero-order valence-electron chi connectivity index (χ0n) is 10.7. The van der Waals surface area contributed by atoms with Gasteiger partial charge in [0, 0.05) is 5.39 Å². The maximum atomic E-state index is 10.4. The number of rotatable bonds is 3. The minimum Gasteiger partial charge on any atom is -0.495 e. The van der Waals surface area contributed by atoms with Gasteiger partial charge < -0.3 is 14.3 Å². The van der Waals surface area contributed by atoms with E-state index in [9.17, 15) is 5.11 Å². The third-order valence-electron chi connectivity index (χ3n) is 3.16. The molecule has 2 aromatic heterocycles. The van der Waals surface area contributed by atoms with Gasteiger partial charge in [0.2, 0.25) is 0 Å². The Hall–Kier alpha value is -1.78. The summed E-state index contributed by atoms with van der Waals surface area (Å²) in [5.41, 5.74) is 1.89. The smallest absolute Gasteiger partial charge is 0.149 e. The van der Waals surface area contributed by atoms with E-state index in [0.717, 1.165) is 21.4 Å². The fourth-order valence-corrected chi connectivity index (χ4v) is 3.02. The van der Waals surface area contributed by atoms with Crippen LogP contribution < -0.4 is 4.74 Å². The molecule has 0 spiro atoms. The lowest BCUT2D eigenvalue weighted by atomic mass is 10.1. The molecule has 0 aliphatic carbocycles. The molecule has 0 aliphatic rings. The van der Waals surface area contributed by atoms with E-state index in [2.05, 4.69) is 0 Å². The molecule has 0 saturated carbocycles. The molecule has 1 unspecified atom stereocenters. The maximum Gasteiger partial charge on any atom is 0.149 e. The van der Waals surface area contributed by atoms with E-state index in [1.807, 2.05) is 42.6 Å². The summed E-state index contributed by atoms with van der Waals surface area (Å²) in [7, 11) is 1.60. The first kappa shape index (κ1) is 12.3. The summed E-state index contributed by atoms with van der Waals surface area (Å²) in [5.74, 6) is 1.24. The lowest BCUT2D eigenvalue weighted by Gasteiger charge is -2.07. The molecular weight excluding hydrogens is 260 g/mol. The van der Waals surface area contributed by atoms with Crippen molar-refractivity contribution in [1.29, 1.82) is 0 Å². The predicted molar refractivity (Wildman–Crippen MR) is 75.9 cm³/mol. The summed E-state index contributed by atoms with van der Waals surface area (Å²) >= 11 is 1.46. The molecule has 0 saturated heterocycles. The predicted octanol–water partition coefficient (Wildman–Crippen LogP) is 3.89. The molecule has 4 heteroatoms. The van der Waals surface area contributed by atoms with Crippen LogP contribution in [0.25, 0.3) is 11.0 Å². The van der Waals surface area contributed by atoms with Crippen molar-refractivity contribution in [3.8, 4) is 5.75 Å². The zero-order valence-corrected chi connectivity index (χ0v) is 11.5. The van der Waals surface area contributed by atoms with Crippen LogP contribution in [0.5, 0.6) is 5.75 Å². The molecule has 0 aliphatic heterocycles. The Morgan fingerprint density at radius 1 is 1.32 bits per heavy atom. The first-order valence-electron chi connectivity index (χ1n) is 5.99. The highest BCUT2D eigenvalue weighted by atomic mass is 32.1. The van der Waals surface area contributed by atoms with Crippen molar-refractivity contribution in [3.05, 3.63) is 51.9 Å². The number of fused-ring (bicyclic) bond motifs is 1. The molecule has 98 valence electrons. The van der Waals surface area contributed by atoms with E-state index in [4.69, 9.17) is 9.15 Å². The van der Waals surface area contributed by atoms with E-state index in [0.29, 0.717) is 11.5 Å². The van der Waals surface area contributed by atoms with Gasteiger partial charge in [0.1, 0.15) is 23.2 Å². The lowest BCUT2D eigenvalue weighted by Crippen LogP contribution is -1.97. The van der Waals surface area contributed by atoms with E-state index < -0.39 is 6.10 Å². The summed E-state index contributed by atoms with van der Waals surface area (Å²) in [6, 6.07) is 9.68. The fraction of sp³-hybridized carbons (Fsp3) is 0.200. The number of hydrogen-bond donors (Lipinski definition) is 1. The van der Waals surface area contributed by atoms with Crippen molar-refractivity contribution in [1.82, 2.24) is 0 Å². The van der Waals surface area contributed by atoms with Gasteiger partial charge in [-0.3, -0.25) is 0 Å². The van der Waals surface area contributed by atoms with Gasteiger partial charge >= 0.3 is 0 Å². The Kier molecular flexibility index (Phi) is 3.05. The average molecular weight is 274 g/mol. The number of hydrogen-bond acceptors (Lipinski definition) is 4. The van der Waals surface area contributed by atoms with Crippen molar-refractivity contribution in [2.75, 3.05) is 7.11 Å². The topological polar surface area (TPSA) is 42.6 Å². The lowest BCUT2D eigenvalue weighted by molar-refractivity contribution is 0.192. The van der Waals surface area contributed by atoms with Crippen LogP contribution in [0.2, 0.25) is 0 Å². The van der Waals surface area contributed by atoms with E-state index >= 15 is 0 Å². The number of benzene rings is 1. The molecule has 1 N–H and O–H groups in total. The van der Waals surface area contributed by atoms with Crippen LogP contribution in [-0.2, 0) is 0 Å². The summed E-state index contributed by atoms with van der Waals surface area (Å²) in [6.07, 6.45) is -0.790. The monoisotopic (exact) mass is 274 g/mol. The van der Waals surface area contributed by atoms with Crippen LogP contribution in [0, 0.1) is 6.92 Å². The Labute approximate surface area is 115 Å². The van der Waals surface area contributed by atoms with Crippen LogP contribution in [0.15, 0.2) is 40.1 Å². The Balaban J connectivity index is 2.07. The zero-order chi connectivity index (χ0) is 13.4. The van der Waals surface area contributed by atoms with Gasteiger partial charge in [-0.25, -0.2) is 0 Å². The molecule has 0 radical (unpaired) electrons. The third kappa shape index (κ3) is 2.03. The summed E-state index contributed by atoms with van der Waals surface area (Å²) in [4.78, 5) is 0.763. The molecular formula is C15H14O3S. The van der Waals surface area contributed by atoms with E-state index in [-0.39, 0.29) is 0 Å². The molecule has 1 atom stereocenters. The first-order valence-corrected chi connectivity index (χ1v) is 6.87. The molecule has 3 nitrogen and oxygen atoms in total. The SMILES string of the molecule is COc1ccsc1C(O)c1cc2cccc(C)c2o1. The quantitative estimate of drug-likeness (QED) is 0.787. The molecule has 3 aromatic rings. The number of para-hydroxylation sites is 1. The highest BCUT2D eigenvalue weighted by Gasteiger charge is 2.21. The minimum atomic E-state index is -0.790. The van der Waals surface area contributed by atoms with Gasteiger partial charge in [-0.05, 0) is 30.0 Å². The van der Waals surface area contributed by atoms with Crippen molar-refractivity contribution in [3.63, 3.8) is 0 Å². The third-order valence-corrected chi connectivity index (χ3v) is 4.11. The van der Waals surface area contributed by atoms with Gasteiger partial charge in [-0.2, -0.15) is 0 Å². The standard InChI is InChI=1S/C15H14O3S/c1-9-4-3-5-10-8-12(18-14(9)10)13(16)15-11(17-2)6-7-19-15/h3-8,13,16H,1-2H3. The Morgan fingerprint density at radius 3 is 2.89 bits per heavy atom. The Bertz CT molecular complexity index is 711. The number of methoxy groups -OCH3 is 1. The first-order chi connectivity index (χ1) is 9.20. The van der Waals surface area contributed by atoms with Crippen LogP contribution >= 0.6 is 11.3 Å². The van der Waals surface area contributed by atoms with E-state index in [1.165, 1.54) is 11.3 Å². The van der Waals surface area contributed by atoms with Crippen LogP contribution in [0.3, 0.4) is 0 Å². The largest absolute Gasteiger partial charge is 0.495 e. The van der Waals surface area contributed by atoms with Crippen molar-refractivity contribution >= 4 is 22.3 Å². The number of furan rings is 1. The fourth-order valence-electron chi connectivity index (χ4n) is 2.17. The highest BCUT2D eigenvalue weighted by molar-refractivity contribution is 7.10. The number of ether oxygens (including phenoxy) is 1. The second-order valence-electron chi connectivity index (χ2n) is 4.40. The number of aliphatic hydroxyl groups is 1. The summed E-state index contributed by atoms with van der Waals surface area (Å²) in [5, 5.41) is 13.3. The van der Waals surface area contributed by atoms with Crippen LogP contribution in [0.4, 0.5) is 0 Å². The summed E-state index contributed by atoms with van der Waals surface area (Å²) < 4.78 is 11.0. The van der Waals surface area contributed by atoms with Crippen LogP contribution in [0.1, 0.15) is 22.3 Å².